The van der Waals surface area contributed by atoms with Crippen LogP contribution in [0, 0.1) is 0 Å². The molecule has 10 heavy (non-hydrogen) atoms. The molecular weight excluding hydrogens is 292 g/mol. The summed E-state index contributed by atoms with van der Waals surface area (Å²) in [5.74, 6) is 0. The van der Waals surface area contributed by atoms with Crippen molar-refractivity contribution in [2.45, 2.75) is 12.3 Å². The summed E-state index contributed by atoms with van der Waals surface area (Å²) in [6.45, 7) is 1.70. The third-order valence-corrected chi connectivity index (χ3v) is 12.7. The maximum absolute atomic E-state index is 5.65. The Kier molecular flexibility index (Phi) is 5.12. The van der Waals surface area contributed by atoms with Crippen LogP contribution in [0.5, 0.6) is 0 Å². The lowest BCUT2D eigenvalue weighted by atomic mass is 11.0. The summed E-state index contributed by atoms with van der Waals surface area (Å²) < 4.78 is -4.84. The highest BCUT2D eigenvalue weighted by atomic mass is 35.9. The fraction of sp³-hybridized carbons (Fsp3) is 1.00. The minimum atomic E-state index is -2.42. The van der Waals surface area contributed by atoms with Crippen LogP contribution >= 0.6 is 54.4 Å². The maximum Gasteiger partial charge on any atom is 0.129 e. The Morgan fingerprint density at radius 3 is 1.20 bits per heavy atom. The van der Waals surface area contributed by atoms with Crippen molar-refractivity contribution in [2.75, 3.05) is 0 Å². The highest BCUT2D eigenvalue weighted by molar-refractivity contribution is 8.49. The third-order valence-electron chi connectivity index (χ3n) is 0.870. The first-order valence-electron chi connectivity index (χ1n) is 2.14. The van der Waals surface area contributed by atoms with Crippen LogP contribution in [0.15, 0.2) is 0 Å². The van der Waals surface area contributed by atoms with E-state index >= 15 is 0 Å². The van der Waals surface area contributed by atoms with E-state index in [4.69, 9.17) is 68.6 Å². The first kappa shape index (κ1) is 12.5. The van der Waals surface area contributed by atoms with Crippen molar-refractivity contribution in [3.63, 3.8) is 0 Å². The lowest BCUT2D eigenvalue weighted by Gasteiger charge is -2.18. The van der Waals surface area contributed by atoms with Crippen molar-refractivity contribution >= 4 is 78.1 Å². The van der Waals surface area contributed by atoms with Crippen LogP contribution in [-0.4, -0.2) is 5.40 Å². The molecule has 0 aliphatic rings. The van der Waals surface area contributed by atoms with E-state index < -0.39 is 9.49 Å². The molecule has 0 nitrogen and oxygen atoms in total. The van der Waals surface area contributed by atoms with Crippen molar-refractivity contribution < 1.29 is 0 Å². The van der Waals surface area contributed by atoms with Gasteiger partial charge in [0.05, 0.1) is 5.40 Å². The van der Waals surface area contributed by atoms with E-state index in [9.17, 15) is 0 Å². The fourth-order valence-electron chi connectivity index (χ4n) is 0.156. The summed E-state index contributed by atoms with van der Waals surface area (Å²) in [5.41, 5.74) is 0. The van der Waals surface area contributed by atoms with E-state index in [0.29, 0.717) is 0 Å². The molecule has 0 bridgehead atoms. The van der Waals surface area contributed by atoms with Gasteiger partial charge in [-0.3, -0.25) is 0 Å². The molecule has 0 heterocycles. The van der Waals surface area contributed by atoms with Crippen LogP contribution in [0.25, 0.3) is 0 Å². The van der Waals surface area contributed by atoms with Gasteiger partial charge in [-0.25, -0.2) is 0 Å². The largest absolute Gasteiger partial charge is 0.129 e. The summed E-state index contributed by atoms with van der Waals surface area (Å²) in [4.78, 5) is 0. The molecule has 0 fully saturated rings. The Hall–Kier alpha value is 2.46. The summed E-state index contributed by atoms with van der Waals surface area (Å²) in [7, 11) is 0. The van der Waals surface area contributed by atoms with Crippen molar-refractivity contribution in [1.82, 2.24) is 0 Å². The van der Waals surface area contributed by atoms with Crippen LogP contribution in [0.4, 0.5) is 0 Å². The van der Waals surface area contributed by atoms with Crippen molar-refractivity contribution in [3.8, 4) is 0 Å². The second kappa shape index (κ2) is 4.11. The number of halogens is 4. The Morgan fingerprint density at radius 2 is 1.20 bits per heavy atom. The summed E-state index contributed by atoms with van der Waals surface area (Å²) in [6.07, 6.45) is 0. The smallest absolute Gasteiger partial charge is 0.0676 e. The van der Waals surface area contributed by atoms with Crippen molar-refractivity contribution in [3.05, 3.63) is 0 Å². The van der Waals surface area contributed by atoms with Crippen LogP contribution < -0.4 is 0 Å². The van der Waals surface area contributed by atoms with Gasteiger partial charge < -0.3 is 0 Å². The first-order chi connectivity index (χ1) is 4.15. The molecule has 0 atom stereocenters. The number of hydrogen-bond donors (Lipinski definition) is 0. The maximum atomic E-state index is 5.65. The lowest BCUT2D eigenvalue weighted by molar-refractivity contribution is 1.41. The minimum Gasteiger partial charge on any atom is -0.0676 e. The molecule has 0 spiro atoms. The van der Waals surface area contributed by atoms with E-state index in [1.54, 1.807) is 6.92 Å². The quantitative estimate of drug-likeness (QED) is 0.664. The SMILES string of the molecule is CC(P(=S)(Cl)Cl)P(=S)(Cl)Cl. The summed E-state index contributed by atoms with van der Waals surface area (Å²) in [6, 6.07) is 0. The third kappa shape index (κ3) is 4.48. The molecule has 0 aliphatic heterocycles. The molecule has 8 heteroatoms. The van der Waals surface area contributed by atoms with Gasteiger partial charge in [-0.05, 0) is 6.92 Å². The average molecular weight is 296 g/mol. The normalized spacial score (nSPS) is 14.2. The molecule has 0 saturated heterocycles. The predicted octanol–water partition coefficient (Wildman–Crippen LogP) is 4.91. The zero-order valence-electron chi connectivity index (χ0n) is 4.80. The first-order valence-corrected chi connectivity index (χ1v) is 11.5. The van der Waals surface area contributed by atoms with Crippen molar-refractivity contribution in [2.24, 2.45) is 0 Å². The Balaban J connectivity index is 4.56. The lowest BCUT2D eigenvalue weighted by Crippen LogP contribution is -1.88. The second-order valence-electron chi connectivity index (χ2n) is 1.64. The molecule has 0 aromatic rings. The van der Waals surface area contributed by atoms with Crippen molar-refractivity contribution in [1.29, 1.82) is 0 Å². The molecular formula is C2H4Cl4P2S2. The molecule has 0 amide bonds. The van der Waals surface area contributed by atoms with Gasteiger partial charge in [0.25, 0.3) is 0 Å². The molecule has 0 radical (unpaired) electrons. The van der Waals surface area contributed by atoms with E-state index in [-0.39, 0.29) is 5.40 Å². The highest BCUT2D eigenvalue weighted by Crippen LogP contribution is 2.78. The van der Waals surface area contributed by atoms with Gasteiger partial charge >= 0.3 is 0 Å². The molecule has 0 unspecified atom stereocenters. The predicted molar refractivity (Wildman–Crippen MR) is 61.4 cm³/mol. The molecule has 0 aromatic heterocycles. The van der Waals surface area contributed by atoms with Crippen LogP contribution in [0.1, 0.15) is 6.92 Å². The van der Waals surface area contributed by atoms with Gasteiger partial charge in [0.2, 0.25) is 0 Å². The van der Waals surface area contributed by atoms with E-state index in [1.165, 1.54) is 0 Å². The topological polar surface area (TPSA) is 0 Å². The van der Waals surface area contributed by atoms with Crippen LogP contribution in [0.2, 0.25) is 0 Å². The Morgan fingerprint density at radius 1 is 1.00 bits per heavy atom. The van der Waals surface area contributed by atoms with Gasteiger partial charge in [-0.15, -0.1) is 0 Å². The van der Waals surface area contributed by atoms with Gasteiger partial charge in [0.1, 0.15) is 9.49 Å². The minimum absolute atomic E-state index is 0.323. The zero-order valence-corrected chi connectivity index (χ0v) is 11.2. The van der Waals surface area contributed by atoms with E-state index in [1.807, 2.05) is 0 Å². The summed E-state index contributed by atoms with van der Waals surface area (Å²) in [5, 5.41) is -0.323. The van der Waals surface area contributed by atoms with Crippen LogP contribution in [-0.2, 0) is 23.6 Å². The average Bonchev–Trinajstić information content (AvgIpc) is 1.59. The highest BCUT2D eigenvalue weighted by Gasteiger charge is 2.30. The monoisotopic (exact) mass is 294 g/mol. The van der Waals surface area contributed by atoms with E-state index in [0.717, 1.165) is 0 Å². The molecule has 0 aromatic carbocycles. The van der Waals surface area contributed by atoms with Crippen LogP contribution in [0.3, 0.4) is 0 Å². The van der Waals surface area contributed by atoms with E-state index in [2.05, 4.69) is 0 Å². The van der Waals surface area contributed by atoms with Gasteiger partial charge in [0.15, 0.2) is 0 Å². The molecule has 0 rings (SSSR count). The molecule has 62 valence electrons. The molecule has 0 aliphatic carbocycles. The Labute approximate surface area is 89.7 Å². The zero-order chi connectivity index (χ0) is 8.58. The number of rotatable bonds is 2. The van der Waals surface area contributed by atoms with Gasteiger partial charge in [-0.2, -0.15) is 0 Å². The molecule has 0 saturated carbocycles. The Bertz CT molecular complexity index is 181. The standard InChI is InChI=1S/C2H4Cl4P2S2/c1-2(7(3,4)9)8(5,6)10/h2H,1H3. The van der Waals surface area contributed by atoms with Gasteiger partial charge in [-0.1, -0.05) is 68.6 Å². The molecule has 0 N–H and O–H groups in total. The summed E-state index contributed by atoms with van der Waals surface area (Å²) >= 11 is 32.2. The fourth-order valence-corrected chi connectivity index (χ4v) is 12.7. The number of hydrogen-bond acceptors (Lipinski definition) is 2. The second-order valence-corrected chi connectivity index (χ2v) is 18.9. The van der Waals surface area contributed by atoms with Gasteiger partial charge in [0, 0.05) is 0 Å².